The second-order valence-corrected chi connectivity index (χ2v) is 19.1. The van der Waals surface area contributed by atoms with Crippen LogP contribution >= 0.6 is 0 Å². The Bertz CT molecular complexity index is 1800. The van der Waals surface area contributed by atoms with E-state index in [4.69, 9.17) is 15.5 Å². The Kier molecular flexibility index (Phi) is 8.80. The summed E-state index contributed by atoms with van der Waals surface area (Å²) in [6.45, 7) is 9.17. The fraction of sp³-hybridized carbons (Fsp3) is 0.484. The molecule has 0 saturated carbocycles. The van der Waals surface area contributed by atoms with Gasteiger partial charge in [0.2, 0.25) is 5.82 Å². The van der Waals surface area contributed by atoms with Crippen LogP contribution in [0.4, 0.5) is 16.4 Å². The number of pyridine rings is 1. The molecule has 4 aromatic heterocycles. The summed E-state index contributed by atoms with van der Waals surface area (Å²) in [5.41, 5.74) is 9.50. The van der Waals surface area contributed by atoms with Crippen molar-refractivity contribution < 1.29 is 19.1 Å². The van der Waals surface area contributed by atoms with Crippen molar-refractivity contribution in [3.05, 3.63) is 47.9 Å². The molecule has 4 N–H and O–H groups in total. The molecule has 3 amide bonds. The van der Waals surface area contributed by atoms with E-state index in [-0.39, 0.29) is 54.1 Å². The van der Waals surface area contributed by atoms with Crippen LogP contribution in [0.2, 0.25) is 25.7 Å². The predicted molar refractivity (Wildman–Crippen MR) is 178 cm³/mol. The molecule has 248 valence electrons. The second-order valence-electron chi connectivity index (χ2n) is 13.4. The number of nitrogens with zero attached hydrogens (tertiary/aromatic N) is 8. The monoisotopic (exact) mass is 659 g/mol. The quantitative estimate of drug-likeness (QED) is 0.128. The van der Waals surface area contributed by atoms with Crippen molar-refractivity contribution >= 4 is 43.1 Å². The lowest BCUT2D eigenvalue weighted by Gasteiger charge is -2.39. The van der Waals surface area contributed by atoms with Crippen LogP contribution in [0.5, 0.6) is 0 Å². The van der Waals surface area contributed by atoms with Crippen LogP contribution in [0.3, 0.4) is 0 Å². The predicted octanol–water partition coefficient (Wildman–Crippen LogP) is 3.78. The Morgan fingerprint density at radius 2 is 1.81 bits per heavy atom. The van der Waals surface area contributed by atoms with Gasteiger partial charge in [0.25, 0.3) is 5.91 Å². The Morgan fingerprint density at radius 1 is 1.06 bits per heavy atom. The van der Waals surface area contributed by atoms with Crippen molar-refractivity contribution in [2.24, 2.45) is 0 Å². The Balaban J connectivity index is 1.25. The number of rotatable bonds is 10. The maximum Gasteiger partial charge on any atom is 0.320 e. The molecular weight excluding hydrogens is 619 g/mol. The molecule has 2 bridgehead atoms. The Labute approximate surface area is 273 Å². The largest absolute Gasteiger partial charge is 0.383 e. The molecule has 6 heterocycles. The fourth-order valence-electron chi connectivity index (χ4n) is 6.60. The first-order valence-corrected chi connectivity index (χ1v) is 19.6. The van der Waals surface area contributed by atoms with Crippen LogP contribution in [-0.2, 0) is 11.5 Å². The molecule has 3 atom stereocenters. The van der Waals surface area contributed by atoms with Crippen molar-refractivity contribution in [2.45, 2.75) is 83.0 Å². The van der Waals surface area contributed by atoms with Crippen LogP contribution in [-0.4, -0.2) is 90.8 Å². The average molecular weight is 660 g/mol. The minimum absolute atomic E-state index is 0.0442. The van der Waals surface area contributed by atoms with Gasteiger partial charge in [-0.15, -0.1) is 0 Å². The first-order valence-electron chi connectivity index (χ1n) is 15.9. The van der Waals surface area contributed by atoms with Crippen molar-refractivity contribution in [1.29, 1.82) is 0 Å². The van der Waals surface area contributed by atoms with E-state index in [1.807, 2.05) is 11.0 Å². The Morgan fingerprint density at radius 3 is 2.45 bits per heavy atom. The van der Waals surface area contributed by atoms with Gasteiger partial charge in [0, 0.05) is 57.1 Å². The summed E-state index contributed by atoms with van der Waals surface area (Å²) in [6, 6.07) is 4.06. The molecule has 16 heteroatoms. The smallest absolute Gasteiger partial charge is 0.320 e. The first-order chi connectivity index (χ1) is 22.4. The van der Waals surface area contributed by atoms with Crippen LogP contribution < -0.4 is 16.4 Å². The number of anilines is 2. The second kappa shape index (κ2) is 12.8. The molecule has 2 aliphatic rings. The SMILES string of the molecule is CNC(=O)Nc1ccc(-c2cnn3c(N)c(C(C)=O)c([C@@H]4C[C@H]5CC[C@@H](C4)N5C(=O)c4ncnn4COCC[Si](C)(C)C)nc23)cn1. The maximum atomic E-state index is 13.9. The normalized spacial score (nSPS) is 19.3. The van der Waals surface area contributed by atoms with Crippen LogP contribution in [0.15, 0.2) is 30.9 Å². The third-order valence-electron chi connectivity index (χ3n) is 8.98. The molecule has 0 aromatic carbocycles. The van der Waals surface area contributed by atoms with Crippen molar-refractivity contribution in [3.63, 3.8) is 0 Å². The Hall–Kier alpha value is -4.70. The van der Waals surface area contributed by atoms with Gasteiger partial charge in [-0.3, -0.25) is 14.9 Å². The van der Waals surface area contributed by atoms with Gasteiger partial charge in [-0.1, -0.05) is 19.6 Å². The number of piperidine rings is 1. The van der Waals surface area contributed by atoms with Crippen molar-refractivity contribution in [2.75, 3.05) is 24.7 Å². The lowest BCUT2D eigenvalue weighted by atomic mass is 9.85. The van der Waals surface area contributed by atoms with E-state index >= 15 is 0 Å². The molecule has 2 aliphatic heterocycles. The van der Waals surface area contributed by atoms with Crippen LogP contribution in [0.25, 0.3) is 16.8 Å². The third-order valence-corrected chi connectivity index (χ3v) is 10.7. The van der Waals surface area contributed by atoms with Gasteiger partial charge in [0.15, 0.2) is 11.4 Å². The van der Waals surface area contributed by atoms with E-state index in [0.29, 0.717) is 47.7 Å². The number of nitrogens with one attached hydrogen (secondary N) is 2. The van der Waals surface area contributed by atoms with Crippen LogP contribution in [0.1, 0.15) is 65.2 Å². The summed E-state index contributed by atoms with van der Waals surface area (Å²) < 4.78 is 8.89. The van der Waals surface area contributed by atoms with Gasteiger partial charge in [-0.25, -0.2) is 24.4 Å². The van der Waals surface area contributed by atoms with Gasteiger partial charge < -0.3 is 20.7 Å². The molecule has 0 spiro atoms. The molecule has 15 nitrogen and oxygen atoms in total. The van der Waals surface area contributed by atoms with Gasteiger partial charge in [-0.05, 0) is 50.8 Å². The summed E-state index contributed by atoms with van der Waals surface area (Å²) in [5.74, 6) is 0.449. The fourth-order valence-corrected chi connectivity index (χ4v) is 7.36. The number of carbonyl (C=O) groups excluding carboxylic acids is 3. The number of hydrogen-bond acceptors (Lipinski definition) is 10. The number of nitrogens with two attached hydrogens (primary N) is 1. The van der Waals surface area contributed by atoms with E-state index in [2.05, 4.69) is 50.4 Å². The highest BCUT2D eigenvalue weighted by molar-refractivity contribution is 6.76. The van der Waals surface area contributed by atoms with Crippen molar-refractivity contribution in [1.82, 2.24) is 44.6 Å². The molecule has 0 radical (unpaired) electrons. The highest BCUT2D eigenvalue weighted by atomic mass is 28.3. The zero-order valence-electron chi connectivity index (χ0n) is 27.4. The summed E-state index contributed by atoms with van der Waals surface area (Å²) in [5, 5.41) is 13.9. The average Bonchev–Trinajstić information content (AvgIpc) is 3.74. The number of Topliss-reactive ketones (excluding diaryl/α,β-unsaturated/α-hetero) is 1. The lowest BCUT2D eigenvalue weighted by molar-refractivity contribution is 0.0489. The summed E-state index contributed by atoms with van der Waals surface area (Å²) >= 11 is 0. The third kappa shape index (κ3) is 6.47. The molecule has 47 heavy (non-hydrogen) atoms. The lowest BCUT2D eigenvalue weighted by Crippen LogP contribution is -2.47. The molecule has 6 rings (SSSR count). The zero-order valence-corrected chi connectivity index (χ0v) is 28.4. The number of urea groups is 1. The first kappa shape index (κ1) is 32.2. The maximum absolute atomic E-state index is 13.9. The summed E-state index contributed by atoms with van der Waals surface area (Å²) in [4.78, 5) is 54.2. The van der Waals surface area contributed by atoms with E-state index < -0.39 is 8.07 Å². The number of carbonyl (C=O) groups is 3. The molecule has 0 unspecified atom stereocenters. The number of aromatic nitrogens is 7. The number of ether oxygens (including phenoxy) is 1. The summed E-state index contributed by atoms with van der Waals surface area (Å²) in [6.07, 6.45) is 7.63. The number of amides is 3. The molecule has 2 fully saturated rings. The van der Waals surface area contributed by atoms with Gasteiger partial charge in [-0.2, -0.15) is 14.7 Å². The van der Waals surface area contributed by atoms with E-state index in [0.717, 1.165) is 24.4 Å². The number of ketones is 1. The minimum atomic E-state index is -1.24. The summed E-state index contributed by atoms with van der Waals surface area (Å²) in [7, 11) is 0.284. The van der Waals surface area contributed by atoms with E-state index in [1.54, 1.807) is 23.1 Å². The molecule has 0 aliphatic carbocycles. The number of fused-ring (bicyclic) bond motifs is 3. The van der Waals surface area contributed by atoms with E-state index in [1.165, 1.54) is 24.8 Å². The highest BCUT2D eigenvalue weighted by Gasteiger charge is 2.46. The van der Waals surface area contributed by atoms with E-state index in [9.17, 15) is 14.4 Å². The highest BCUT2D eigenvalue weighted by Crippen LogP contribution is 2.45. The van der Waals surface area contributed by atoms with Crippen molar-refractivity contribution in [3.8, 4) is 11.1 Å². The number of hydrogen-bond donors (Lipinski definition) is 3. The van der Waals surface area contributed by atoms with Gasteiger partial charge in [0.1, 0.15) is 24.7 Å². The van der Waals surface area contributed by atoms with Gasteiger partial charge >= 0.3 is 6.03 Å². The molecule has 2 saturated heterocycles. The van der Waals surface area contributed by atoms with Crippen LogP contribution in [0, 0.1) is 0 Å². The topological polar surface area (TPSA) is 188 Å². The standard InChI is InChI=1S/C31H41N11O4Si/c1-18(43)25-26(39-28-23(15-36-42(28)27(25)32)19-6-9-24(34-14-19)38-31(45)33-2)20-12-21-7-8-22(13-20)41(21)30(44)29-35-16-37-40(29)17-46-10-11-47(3,4)5/h6,9,14-16,20-22H,7-8,10-13,17,32H2,1-5H3,(H2,33,34,38,45)/t20-,21-,22+. The molecule has 4 aromatic rings. The van der Waals surface area contributed by atoms with Gasteiger partial charge in [0.05, 0.1) is 17.5 Å². The molecular formula is C31H41N11O4Si. The number of nitrogen functional groups attached to an aromatic ring is 1. The minimum Gasteiger partial charge on any atom is -0.383 e. The zero-order chi connectivity index (χ0) is 33.5.